The molecule has 0 bridgehead atoms. The maximum absolute atomic E-state index is 6.09. The average Bonchev–Trinajstić information content (AvgIpc) is 2.85. The number of rotatable bonds is 4. The van der Waals surface area contributed by atoms with Crippen LogP contribution in [0.1, 0.15) is 11.1 Å². The molecule has 1 N–H and O–H groups in total. The zero-order chi connectivity index (χ0) is 21.0. The highest BCUT2D eigenvalue weighted by Gasteiger charge is 2.17. The van der Waals surface area contributed by atoms with Crippen LogP contribution in [0.2, 0.25) is 5.02 Å². The number of hydrazine groups is 1. The molecular formula is C27H20ClN3. The van der Waals surface area contributed by atoms with Crippen LogP contribution in [0.5, 0.6) is 0 Å². The number of hydrogen-bond acceptors (Lipinski definition) is 3. The van der Waals surface area contributed by atoms with E-state index in [1.165, 1.54) is 11.1 Å². The molecule has 0 atom stereocenters. The first-order valence-electron chi connectivity index (χ1n) is 10.1. The van der Waals surface area contributed by atoms with Crippen LogP contribution in [0.3, 0.4) is 0 Å². The van der Waals surface area contributed by atoms with Gasteiger partial charge in [-0.15, -0.1) is 0 Å². The molecule has 150 valence electrons. The van der Waals surface area contributed by atoms with Crippen molar-refractivity contribution >= 4 is 28.7 Å². The van der Waals surface area contributed by atoms with Gasteiger partial charge < -0.3 is 0 Å². The summed E-state index contributed by atoms with van der Waals surface area (Å²) in [5.41, 5.74) is 10.7. The Morgan fingerprint density at radius 1 is 0.581 bits per heavy atom. The molecule has 4 aromatic carbocycles. The van der Waals surface area contributed by atoms with Crippen LogP contribution >= 0.6 is 11.6 Å². The molecule has 0 spiro atoms. The maximum atomic E-state index is 6.09. The van der Waals surface area contributed by atoms with Gasteiger partial charge in [-0.25, -0.2) is 0 Å². The van der Waals surface area contributed by atoms with Crippen molar-refractivity contribution < 1.29 is 0 Å². The molecule has 1 heterocycles. The Labute approximate surface area is 186 Å². The number of nitrogens with one attached hydrogen (secondary N) is 1. The largest absolute Gasteiger partial charge is 0.277 e. The van der Waals surface area contributed by atoms with Gasteiger partial charge in [0.15, 0.2) is 0 Å². The third kappa shape index (κ3) is 4.23. The zero-order valence-corrected chi connectivity index (χ0v) is 17.5. The highest BCUT2D eigenvalue weighted by molar-refractivity contribution is 6.30. The predicted molar refractivity (Wildman–Crippen MR) is 130 cm³/mol. The molecule has 0 saturated carbocycles. The molecule has 1 aliphatic rings. The van der Waals surface area contributed by atoms with Crippen LogP contribution in [0, 0.1) is 0 Å². The van der Waals surface area contributed by atoms with E-state index in [2.05, 4.69) is 72.2 Å². The number of nitrogens with zero attached hydrogens (tertiary/aromatic N) is 2. The minimum Gasteiger partial charge on any atom is -0.277 e. The fraction of sp³-hybridized carbons (Fsp3) is 0. The van der Waals surface area contributed by atoms with E-state index in [1.807, 2.05) is 53.6 Å². The first-order valence-corrected chi connectivity index (χ1v) is 10.5. The zero-order valence-electron chi connectivity index (χ0n) is 16.7. The summed E-state index contributed by atoms with van der Waals surface area (Å²) in [6.45, 7) is 0. The van der Waals surface area contributed by atoms with Crippen molar-refractivity contribution in [2.24, 2.45) is 5.10 Å². The minimum atomic E-state index is 0.707. The van der Waals surface area contributed by atoms with Crippen molar-refractivity contribution in [1.29, 1.82) is 0 Å². The summed E-state index contributed by atoms with van der Waals surface area (Å²) >= 11 is 6.09. The number of benzene rings is 4. The second-order valence-electron chi connectivity index (χ2n) is 7.25. The fourth-order valence-electron chi connectivity index (χ4n) is 3.52. The van der Waals surface area contributed by atoms with Gasteiger partial charge in [0.1, 0.15) is 0 Å². The van der Waals surface area contributed by atoms with E-state index in [9.17, 15) is 0 Å². The summed E-state index contributed by atoms with van der Waals surface area (Å²) < 4.78 is 0. The van der Waals surface area contributed by atoms with E-state index in [0.29, 0.717) is 5.02 Å². The first kappa shape index (κ1) is 19.2. The van der Waals surface area contributed by atoms with Crippen LogP contribution < -0.4 is 10.5 Å². The lowest BCUT2D eigenvalue weighted by Gasteiger charge is -2.28. The van der Waals surface area contributed by atoms with Crippen molar-refractivity contribution in [1.82, 2.24) is 5.43 Å². The molecule has 4 heteroatoms. The average molecular weight is 422 g/mol. The second kappa shape index (κ2) is 8.50. The standard InChI is InChI=1S/C27H20ClN3/c28-24-15-11-23(12-16-24)27-19-26(22-9-5-2-6-10-22)29-31(30-27)25-17-13-21(14-18-25)20-7-3-1-4-8-20/h1-19,29H. The number of allylic oxidation sites excluding steroid dienone is 1. The molecular weight excluding hydrogens is 402 g/mol. The van der Waals surface area contributed by atoms with Gasteiger partial charge >= 0.3 is 0 Å². The molecule has 0 amide bonds. The van der Waals surface area contributed by atoms with Crippen LogP contribution in [0.25, 0.3) is 16.8 Å². The van der Waals surface area contributed by atoms with Crippen LogP contribution in [0.15, 0.2) is 120 Å². The van der Waals surface area contributed by atoms with Gasteiger partial charge in [-0.05, 0) is 47.0 Å². The smallest absolute Gasteiger partial charge is 0.0950 e. The van der Waals surface area contributed by atoms with Crippen molar-refractivity contribution in [2.45, 2.75) is 0 Å². The van der Waals surface area contributed by atoms with E-state index in [0.717, 1.165) is 28.2 Å². The Morgan fingerprint density at radius 3 is 1.77 bits per heavy atom. The van der Waals surface area contributed by atoms with Crippen molar-refractivity contribution in [3.63, 3.8) is 0 Å². The quantitative estimate of drug-likeness (QED) is 0.393. The van der Waals surface area contributed by atoms with E-state index < -0.39 is 0 Å². The van der Waals surface area contributed by atoms with Crippen LogP contribution in [-0.4, -0.2) is 5.71 Å². The number of hydrogen-bond donors (Lipinski definition) is 1. The highest BCUT2D eigenvalue weighted by Crippen LogP contribution is 2.26. The first-order chi connectivity index (χ1) is 15.3. The van der Waals surface area contributed by atoms with Gasteiger partial charge in [0.25, 0.3) is 0 Å². The molecule has 0 fully saturated rings. The van der Waals surface area contributed by atoms with Crippen molar-refractivity contribution in [3.8, 4) is 11.1 Å². The van der Waals surface area contributed by atoms with Gasteiger partial charge in [0.2, 0.25) is 0 Å². The molecule has 0 saturated heterocycles. The van der Waals surface area contributed by atoms with Gasteiger partial charge in [0, 0.05) is 10.6 Å². The number of halogens is 1. The third-order valence-electron chi connectivity index (χ3n) is 5.16. The Kier molecular flexibility index (Phi) is 5.26. The minimum absolute atomic E-state index is 0.707. The maximum Gasteiger partial charge on any atom is 0.0950 e. The summed E-state index contributed by atoms with van der Waals surface area (Å²) in [6, 6.07) is 36.7. The van der Waals surface area contributed by atoms with E-state index in [1.54, 1.807) is 0 Å². The Hall–Kier alpha value is -3.82. The molecule has 0 radical (unpaired) electrons. The fourth-order valence-corrected chi connectivity index (χ4v) is 3.65. The lowest BCUT2D eigenvalue weighted by Crippen LogP contribution is -2.36. The van der Waals surface area contributed by atoms with Crippen molar-refractivity contribution in [3.05, 3.63) is 131 Å². The summed E-state index contributed by atoms with van der Waals surface area (Å²) in [6.07, 6.45) is 2.06. The molecule has 4 aromatic rings. The number of hydrazone groups is 1. The van der Waals surface area contributed by atoms with Crippen LogP contribution in [-0.2, 0) is 0 Å². The molecule has 1 aliphatic heterocycles. The van der Waals surface area contributed by atoms with Gasteiger partial charge in [-0.1, -0.05) is 96.5 Å². The van der Waals surface area contributed by atoms with E-state index in [4.69, 9.17) is 16.7 Å². The summed E-state index contributed by atoms with van der Waals surface area (Å²) in [5, 5.41) is 7.38. The molecule has 0 aliphatic carbocycles. The summed E-state index contributed by atoms with van der Waals surface area (Å²) in [4.78, 5) is 0. The monoisotopic (exact) mass is 421 g/mol. The van der Waals surface area contributed by atoms with Crippen LogP contribution in [0.4, 0.5) is 5.69 Å². The lowest BCUT2D eigenvalue weighted by atomic mass is 10.0. The van der Waals surface area contributed by atoms with Crippen molar-refractivity contribution in [2.75, 3.05) is 5.12 Å². The van der Waals surface area contributed by atoms with Gasteiger partial charge in [0.05, 0.1) is 17.1 Å². The second-order valence-corrected chi connectivity index (χ2v) is 7.69. The highest BCUT2D eigenvalue weighted by atomic mass is 35.5. The van der Waals surface area contributed by atoms with Gasteiger partial charge in [-0.3, -0.25) is 5.43 Å². The SMILES string of the molecule is Clc1ccc(C2=NN(c3ccc(-c4ccccc4)cc3)NC(c3ccccc3)=C2)cc1. The molecule has 31 heavy (non-hydrogen) atoms. The molecule has 0 unspecified atom stereocenters. The summed E-state index contributed by atoms with van der Waals surface area (Å²) in [7, 11) is 0. The Morgan fingerprint density at radius 2 is 1.13 bits per heavy atom. The Balaban J connectivity index is 1.52. The van der Waals surface area contributed by atoms with E-state index in [-0.39, 0.29) is 0 Å². The lowest BCUT2D eigenvalue weighted by molar-refractivity contribution is 0.787. The predicted octanol–water partition coefficient (Wildman–Crippen LogP) is 6.78. The molecule has 0 aromatic heterocycles. The third-order valence-corrected chi connectivity index (χ3v) is 5.41. The normalized spacial score (nSPS) is 13.3. The Bertz CT molecular complexity index is 1230. The summed E-state index contributed by atoms with van der Waals surface area (Å²) in [5.74, 6) is 0. The van der Waals surface area contributed by atoms with Gasteiger partial charge in [-0.2, -0.15) is 10.2 Å². The van der Waals surface area contributed by atoms with E-state index >= 15 is 0 Å². The number of anilines is 1. The topological polar surface area (TPSA) is 27.6 Å². The molecule has 3 nitrogen and oxygen atoms in total. The molecule has 5 rings (SSSR count).